The second kappa shape index (κ2) is 7.20. The van der Waals surface area contributed by atoms with Gasteiger partial charge in [-0.2, -0.15) is 0 Å². The van der Waals surface area contributed by atoms with Gasteiger partial charge in [0.1, 0.15) is 0 Å². The van der Waals surface area contributed by atoms with Gasteiger partial charge >= 0.3 is 12.0 Å². The first-order chi connectivity index (χ1) is 8.54. The zero-order valence-electron chi connectivity index (χ0n) is 10.8. The van der Waals surface area contributed by atoms with Crippen molar-refractivity contribution in [3.05, 3.63) is 0 Å². The number of aliphatic hydroxyl groups is 1. The molecule has 2 amide bonds. The van der Waals surface area contributed by atoms with Gasteiger partial charge in [0.25, 0.3) is 0 Å². The molecular formula is C12H22N2O4. The van der Waals surface area contributed by atoms with E-state index in [9.17, 15) is 14.7 Å². The lowest BCUT2D eigenvalue weighted by atomic mass is 9.93. The summed E-state index contributed by atoms with van der Waals surface area (Å²) in [6.07, 6.45) is 2.94. The average molecular weight is 258 g/mol. The van der Waals surface area contributed by atoms with Crippen LogP contribution in [0.1, 0.15) is 39.0 Å². The number of amides is 2. The van der Waals surface area contributed by atoms with Gasteiger partial charge < -0.3 is 20.4 Å². The molecule has 104 valence electrons. The second-order valence-electron chi connectivity index (χ2n) is 4.63. The molecule has 0 saturated heterocycles. The van der Waals surface area contributed by atoms with E-state index in [1.807, 2.05) is 0 Å². The SMILES string of the molecule is CCN(CCC(=O)O)C(=O)NC1CCCCC1O. The molecule has 1 aliphatic rings. The highest BCUT2D eigenvalue weighted by Gasteiger charge is 2.26. The zero-order chi connectivity index (χ0) is 13.5. The summed E-state index contributed by atoms with van der Waals surface area (Å²) in [7, 11) is 0. The Morgan fingerprint density at radius 2 is 2.00 bits per heavy atom. The first-order valence-corrected chi connectivity index (χ1v) is 6.50. The standard InChI is InChI=1S/C12H22N2O4/c1-2-14(8-7-11(16)17)12(18)13-9-5-3-4-6-10(9)15/h9-10,15H,2-8H2,1H3,(H,13,18)(H,16,17). The summed E-state index contributed by atoms with van der Waals surface area (Å²) in [6, 6.07) is -0.491. The molecule has 0 heterocycles. The zero-order valence-corrected chi connectivity index (χ0v) is 10.8. The number of carboxylic acid groups (broad SMARTS) is 1. The van der Waals surface area contributed by atoms with Gasteiger partial charge in [0, 0.05) is 13.1 Å². The van der Waals surface area contributed by atoms with Crippen molar-refractivity contribution in [1.82, 2.24) is 10.2 Å². The van der Waals surface area contributed by atoms with Gasteiger partial charge in [0.15, 0.2) is 0 Å². The first-order valence-electron chi connectivity index (χ1n) is 6.50. The molecule has 0 radical (unpaired) electrons. The number of nitrogens with one attached hydrogen (secondary N) is 1. The van der Waals surface area contributed by atoms with Crippen LogP contribution < -0.4 is 5.32 Å². The van der Waals surface area contributed by atoms with E-state index in [0.717, 1.165) is 19.3 Å². The van der Waals surface area contributed by atoms with Crippen molar-refractivity contribution in [1.29, 1.82) is 0 Å². The molecule has 0 aromatic carbocycles. The predicted octanol–water partition coefficient (Wildman–Crippen LogP) is 0.796. The lowest BCUT2D eigenvalue weighted by Gasteiger charge is -2.31. The Bertz CT molecular complexity index is 296. The van der Waals surface area contributed by atoms with E-state index in [-0.39, 0.29) is 25.0 Å². The number of carbonyl (C=O) groups excluding carboxylic acids is 1. The van der Waals surface area contributed by atoms with E-state index in [4.69, 9.17) is 5.11 Å². The van der Waals surface area contributed by atoms with Gasteiger partial charge in [-0.15, -0.1) is 0 Å². The van der Waals surface area contributed by atoms with Crippen LogP contribution in [-0.4, -0.2) is 52.3 Å². The minimum Gasteiger partial charge on any atom is -0.481 e. The molecule has 18 heavy (non-hydrogen) atoms. The highest BCUT2D eigenvalue weighted by molar-refractivity contribution is 5.75. The third kappa shape index (κ3) is 4.52. The molecule has 1 aliphatic carbocycles. The van der Waals surface area contributed by atoms with Crippen LogP contribution in [0.25, 0.3) is 0 Å². The third-order valence-corrected chi connectivity index (χ3v) is 3.30. The highest BCUT2D eigenvalue weighted by Crippen LogP contribution is 2.18. The molecule has 0 aromatic heterocycles. The lowest BCUT2D eigenvalue weighted by molar-refractivity contribution is -0.137. The number of carbonyl (C=O) groups is 2. The molecule has 1 fully saturated rings. The van der Waals surface area contributed by atoms with Crippen LogP contribution in [-0.2, 0) is 4.79 Å². The summed E-state index contributed by atoms with van der Waals surface area (Å²) in [4.78, 5) is 23.9. The molecule has 1 rings (SSSR count). The van der Waals surface area contributed by atoms with Gasteiger partial charge in [0.2, 0.25) is 0 Å². The van der Waals surface area contributed by atoms with E-state index >= 15 is 0 Å². The topological polar surface area (TPSA) is 89.9 Å². The molecule has 2 atom stereocenters. The molecule has 3 N–H and O–H groups in total. The number of rotatable bonds is 5. The fourth-order valence-corrected chi connectivity index (χ4v) is 2.16. The van der Waals surface area contributed by atoms with E-state index in [1.54, 1.807) is 6.92 Å². The molecule has 0 spiro atoms. The molecular weight excluding hydrogens is 236 g/mol. The van der Waals surface area contributed by atoms with Crippen molar-refractivity contribution in [3.63, 3.8) is 0 Å². The normalized spacial score (nSPS) is 23.4. The number of hydrogen-bond acceptors (Lipinski definition) is 3. The van der Waals surface area contributed by atoms with Crippen molar-refractivity contribution in [3.8, 4) is 0 Å². The Kier molecular flexibility index (Phi) is 5.91. The Labute approximate surface area is 107 Å². The fourth-order valence-electron chi connectivity index (χ4n) is 2.16. The summed E-state index contributed by atoms with van der Waals surface area (Å²) in [5.41, 5.74) is 0. The largest absolute Gasteiger partial charge is 0.481 e. The van der Waals surface area contributed by atoms with Crippen LogP contribution in [0.4, 0.5) is 4.79 Å². The minimum atomic E-state index is -0.918. The monoisotopic (exact) mass is 258 g/mol. The quantitative estimate of drug-likeness (QED) is 0.680. The summed E-state index contributed by atoms with van der Waals surface area (Å²) in [6.45, 7) is 2.46. The molecule has 6 heteroatoms. The van der Waals surface area contributed by atoms with Crippen LogP contribution in [0, 0.1) is 0 Å². The average Bonchev–Trinajstić information content (AvgIpc) is 2.32. The number of aliphatic hydroxyl groups excluding tert-OH is 1. The fraction of sp³-hybridized carbons (Fsp3) is 0.833. The number of nitrogens with zero attached hydrogens (tertiary/aromatic N) is 1. The Morgan fingerprint density at radius 3 is 2.56 bits per heavy atom. The van der Waals surface area contributed by atoms with E-state index in [1.165, 1.54) is 4.90 Å². The van der Waals surface area contributed by atoms with Crippen molar-refractivity contribution in [2.75, 3.05) is 13.1 Å². The Balaban J connectivity index is 2.43. The van der Waals surface area contributed by atoms with Crippen molar-refractivity contribution >= 4 is 12.0 Å². The van der Waals surface area contributed by atoms with Crippen LogP contribution in [0.2, 0.25) is 0 Å². The summed E-state index contributed by atoms with van der Waals surface area (Å²) in [5, 5.41) is 21.2. The number of hydrogen-bond donors (Lipinski definition) is 3. The smallest absolute Gasteiger partial charge is 0.317 e. The highest BCUT2D eigenvalue weighted by atomic mass is 16.4. The first kappa shape index (κ1) is 14.8. The molecule has 2 unspecified atom stereocenters. The van der Waals surface area contributed by atoms with Crippen LogP contribution >= 0.6 is 0 Å². The Morgan fingerprint density at radius 1 is 1.33 bits per heavy atom. The Hall–Kier alpha value is -1.30. The lowest BCUT2D eigenvalue weighted by Crippen LogP contribution is -2.50. The van der Waals surface area contributed by atoms with Crippen molar-refractivity contribution in [2.45, 2.75) is 51.2 Å². The summed E-state index contributed by atoms with van der Waals surface area (Å²) in [5.74, 6) is -0.918. The van der Waals surface area contributed by atoms with Gasteiger partial charge in [0.05, 0.1) is 18.6 Å². The van der Waals surface area contributed by atoms with Crippen LogP contribution in [0.15, 0.2) is 0 Å². The molecule has 1 saturated carbocycles. The van der Waals surface area contributed by atoms with Crippen molar-refractivity contribution in [2.24, 2.45) is 0 Å². The maximum Gasteiger partial charge on any atom is 0.317 e. The molecule has 0 aromatic rings. The number of aliphatic carboxylic acids is 1. The van der Waals surface area contributed by atoms with Gasteiger partial charge in [-0.1, -0.05) is 12.8 Å². The minimum absolute atomic E-state index is 0.0610. The number of carboxylic acids is 1. The van der Waals surface area contributed by atoms with Crippen molar-refractivity contribution < 1.29 is 19.8 Å². The van der Waals surface area contributed by atoms with Crippen LogP contribution in [0.3, 0.4) is 0 Å². The number of urea groups is 1. The molecule has 6 nitrogen and oxygen atoms in total. The van der Waals surface area contributed by atoms with Crippen LogP contribution in [0.5, 0.6) is 0 Å². The maximum atomic E-state index is 11.9. The molecule has 0 aliphatic heterocycles. The molecule has 0 bridgehead atoms. The predicted molar refractivity (Wildman–Crippen MR) is 66.3 cm³/mol. The summed E-state index contributed by atoms with van der Waals surface area (Å²) < 4.78 is 0. The van der Waals surface area contributed by atoms with E-state index in [0.29, 0.717) is 13.0 Å². The maximum absolute atomic E-state index is 11.9. The van der Waals surface area contributed by atoms with E-state index < -0.39 is 12.1 Å². The van der Waals surface area contributed by atoms with Gasteiger partial charge in [-0.25, -0.2) is 4.79 Å². The third-order valence-electron chi connectivity index (χ3n) is 3.30. The van der Waals surface area contributed by atoms with E-state index in [2.05, 4.69) is 5.32 Å². The second-order valence-corrected chi connectivity index (χ2v) is 4.63. The van der Waals surface area contributed by atoms with Gasteiger partial charge in [-0.05, 0) is 19.8 Å². The van der Waals surface area contributed by atoms with Gasteiger partial charge in [-0.3, -0.25) is 4.79 Å². The summed E-state index contributed by atoms with van der Waals surface area (Å²) >= 11 is 0.